The van der Waals surface area contributed by atoms with E-state index in [9.17, 15) is 10.2 Å². The van der Waals surface area contributed by atoms with Crippen LogP contribution in [-0.4, -0.2) is 35.1 Å². The molecule has 3 rings (SSSR count). The summed E-state index contributed by atoms with van der Waals surface area (Å²) in [4.78, 5) is 0. The summed E-state index contributed by atoms with van der Waals surface area (Å²) in [5.74, 6) is 4.89. The molecule has 0 aromatic carbocycles. The predicted octanol–water partition coefficient (Wildman–Crippen LogP) is 7.77. The van der Waals surface area contributed by atoms with E-state index in [1.54, 1.807) is 7.11 Å². The first-order valence-electron chi connectivity index (χ1n) is 14.9. The molecule has 0 bridgehead atoms. The molecule has 3 aliphatic carbocycles. The van der Waals surface area contributed by atoms with Crippen molar-refractivity contribution < 1.29 is 14.9 Å². The van der Waals surface area contributed by atoms with Crippen LogP contribution >= 0.6 is 0 Å². The largest absolute Gasteiger partial charge is 0.390 e. The van der Waals surface area contributed by atoms with Gasteiger partial charge in [-0.05, 0) is 125 Å². The van der Waals surface area contributed by atoms with Crippen LogP contribution < -0.4 is 0 Å². The minimum atomic E-state index is -0.560. The third-order valence-corrected chi connectivity index (χ3v) is 11.0. The van der Waals surface area contributed by atoms with Crippen molar-refractivity contribution in [2.45, 2.75) is 142 Å². The van der Waals surface area contributed by atoms with Crippen molar-refractivity contribution in [3.05, 3.63) is 0 Å². The topological polar surface area (TPSA) is 49.7 Å². The molecule has 3 saturated carbocycles. The number of methoxy groups -OCH3 is 1. The highest BCUT2D eigenvalue weighted by Gasteiger charge is 2.54. The minimum absolute atomic E-state index is 0.424. The van der Waals surface area contributed by atoms with Crippen molar-refractivity contribution in [2.75, 3.05) is 13.7 Å². The van der Waals surface area contributed by atoms with Gasteiger partial charge in [0.2, 0.25) is 0 Å². The van der Waals surface area contributed by atoms with Crippen LogP contribution in [0.25, 0.3) is 0 Å². The number of rotatable bonds is 12. The maximum Gasteiger partial charge on any atom is 0.0622 e. The Kier molecular flexibility index (Phi) is 10.0. The average Bonchev–Trinajstić information content (AvgIpc) is 3.12. The minimum Gasteiger partial charge on any atom is -0.390 e. The lowest BCUT2D eigenvalue weighted by Gasteiger charge is -2.50. The maximum absolute atomic E-state index is 10.9. The quantitative estimate of drug-likeness (QED) is 0.282. The molecule has 0 aliphatic heterocycles. The first-order valence-corrected chi connectivity index (χ1v) is 14.9. The van der Waals surface area contributed by atoms with Gasteiger partial charge in [-0.2, -0.15) is 0 Å². The van der Waals surface area contributed by atoms with Crippen LogP contribution in [0.5, 0.6) is 0 Å². The molecule has 2 N–H and O–H groups in total. The normalized spacial score (nSPS) is 41.1. The van der Waals surface area contributed by atoms with E-state index in [0.717, 1.165) is 74.7 Å². The van der Waals surface area contributed by atoms with Gasteiger partial charge in [-0.3, -0.25) is 0 Å². The fourth-order valence-electron chi connectivity index (χ4n) is 9.02. The van der Waals surface area contributed by atoms with Gasteiger partial charge < -0.3 is 14.9 Å². The number of hydrogen-bond donors (Lipinski definition) is 2. The Hall–Kier alpha value is -0.120. The summed E-state index contributed by atoms with van der Waals surface area (Å²) in [5, 5.41) is 21.5. The Labute approximate surface area is 211 Å². The van der Waals surface area contributed by atoms with E-state index in [2.05, 4.69) is 27.7 Å². The summed E-state index contributed by atoms with van der Waals surface area (Å²) < 4.78 is 5.19. The molecule has 0 heterocycles. The highest BCUT2D eigenvalue weighted by Crippen LogP contribution is 2.62. The van der Waals surface area contributed by atoms with Gasteiger partial charge in [0, 0.05) is 13.7 Å². The molecule has 34 heavy (non-hydrogen) atoms. The van der Waals surface area contributed by atoms with E-state index in [0.29, 0.717) is 11.3 Å². The van der Waals surface area contributed by atoms with E-state index in [4.69, 9.17) is 4.74 Å². The van der Waals surface area contributed by atoms with Crippen molar-refractivity contribution in [3.8, 4) is 0 Å². The lowest BCUT2D eigenvalue weighted by atomic mass is 9.55. The molecule has 0 saturated heterocycles. The highest BCUT2D eigenvalue weighted by molar-refractivity contribution is 5.03. The van der Waals surface area contributed by atoms with Crippen LogP contribution in [0.4, 0.5) is 0 Å². The zero-order valence-corrected chi connectivity index (χ0v) is 23.6. The summed E-state index contributed by atoms with van der Waals surface area (Å²) in [7, 11) is 1.74. The Morgan fingerprint density at radius 3 is 2.50 bits per heavy atom. The molecule has 0 amide bonds. The van der Waals surface area contributed by atoms with Crippen molar-refractivity contribution >= 4 is 0 Å². The SMILES string of the molecule is CC[C@H]1CC[C@@]2(C)C(CC[C@@H]2[C@H](C)CC[C@@](C)(O)CCCOC)[C@@H]1CC[C@@H]1CCC[C@](C)(O)C1. The summed E-state index contributed by atoms with van der Waals surface area (Å²) in [6, 6.07) is 0. The molecule has 0 aromatic rings. The zero-order chi connectivity index (χ0) is 25.0. The van der Waals surface area contributed by atoms with Crippen molar-refractivity contribution in [3.63, 3.8) is 0 Å². The molecular weight excluding hydrogens is 420 g/mol. The van der Waals surface area contributed by atoms with E-state index < -0.39 is 11.2 Å². The van der Waals surface area contributed by atoms with Gasteiger partial charge in [0.1, 0.15) is 0 Å². The second kappa shape index (κ2) is 12.0. The van der Waals surface area contributed by atoms with Crippen molar-refractivity contribution in [2.24, 2.45) is 40.9 Å². The summed E-state index contributed by atoms with van der Waals surface area (Å²) in [5.41, 5.74) is -0.502. The zero-order valence-electron chi connectivity index (χ0n) is 23.6. The van der Waals surface area contributed by atoms with Crippen LogP contribution in [0.2, 0.25) is 0 Å². The second-order valence-corrected chi connectivity index (χ2v) is 13.8. The van der Waals surface area contributed by atoms with Gasteiger partial charge in [-0.25, -0.2) is 0 Å². The molecular formula is C31H58O3. The molecule has 0 spiro atoms. The van der Waals surface area contributed by atoms with Gasteiger partial charge in [-0.1, -0.05) is 46.5 Å². The fourth-order valence-corrected chi connectivity index (χ4v) is 9.02. The molecule has 3 fully saturated rings. The third kappa shape index (κ3) is 7.00. The van der Waals surface area contributed by atoms with Gasteiger partial charge in [0.25, 0.3) is 0 Å². The van der Waals surface area contributed by atoms with Crippen LogP contribution in [0, 0.1) is 40.9 Å². The summed E-state index contributed by atoms with van der Waals surface area (Å²) in [6.45, 7) is 12.4. The number of aliphatic hydroxyl groups is 2. The maximum atomic E-state index is 10.9. The lowest BCUT2D eigenvalue weighted by molar-refractivity contribution is -0.0255. The number of ether oxygens (including phenoxy) is 1. The standard InChI is InChI=1S/C31H58O3/c1-7-25-16-20-31(5)27(23(2)15-19-29(3,32)18-9-21-34-6)13-14-28(31)26(25)12-11-24-10-8-17-30(4,33)22-24/h23-28,32-33H,7-22H2,1-6H3/t23-,24+,25+,26-,27-,28?,29+,30+,31-/m1/s1. The van der Waals surface area contributed by atoms with Gasteiger partial charge >= 0.3 is 0 Å². The number of hydrogen-bond acceptors (Lipinski definition) is 3. The Morgan fingerprint density at radius 1 is 1.06 bits per heavy atom. The fraction of sp³-hybridized carbons (Fsp3) is 1.00. The summed E-state index contributed by atoms with van der Waals surface area (Å²) in [6.07, 6.45) is 18.0. The van der Waals surface area contributed by atoms with Crippen LogP contribution in [0.3, 0.4) is 0 Å². The molecule has 0 aromatic heterocycles. The van der Waals surface area contributed by atoms with Gasteiger partial charge in [-0.15, -0.1) is 0 Å². The molecule has 200 valence electrons. The van der Waals surface area contributed by atoms with Crippen molar-refractivity contribution in [1.29, 1.82) is 0 Å². The Bertz CT molecular complexity index is 614. The molecule has 9 atom stereocenters. The van der Waals surface area contributed by atoms with Crippen LogP contribution in [0.15, 0.2) is 0 Å². The third-order valence-electron chi connectivity index (χ3n) is 11.0. The van der Waals surface area contributed by atoms with E-state index in [1.807, 2.05) is 6.92 Å². The van der Waals surface area contributed by atoms with E-state index in [-0.39, 0.29) is 0 Å². The van der Waals surface area contributed by atoms with Crippen LogP contribution in [0.1, 0.15) is 131 Å². The Morgan fingerprint density at radius 2 is 1.82 bits per heavy atom. The molecule has 0 radical (unpaired) electrons. The first kappa shape index (κ1) is 28.5. The van der Waals surface area contributed by atoms with Crippen molar-refractivity contribution in [1.82, 2.24) is 0 Å². The molecule has 3 heteroatoms. The smallest absolute Gasteiger partial charge is 0.0622 e. The van der Waals surface area contributed by atoms with E-state index >= 15 is 0 Å². The van der Waals surface area contributed by atoms with E-state index in [1.165, 1.54) is 57.8 Å². The average molecular weight is 479 g/mol. The Balaban J connectivity index is 1.59. The molecule has 1 unspecified atom stereocenters. The highest BCUT2D eigenvalue weighted by atomic mass is 16.5. The predicted molar refractivity (Wildman–Crippen MR) is 143 cm³/mol. The molecule has 3 aliphatic rings. The number of fused-ring (bicyclic) bond motifs is 1. The summed E-state index contributed by atoms with van der Waals surface area (Å²) >= 11 is 0. The second-order valence-electron chi connectivity index (χ2n) is 13.8. The van der Waals surface area contributed by atoms with Gasteiger partial charge in [0.15, 0.2) is 0 Å². The monoisotopic (exact) mass is 478 g/mol. The lowest BCUT2D eigenvalue weighted by Crippen LogP contribution is -2.43. The molecule has 3 nitrogen and oxygen atoms in total. The first-order chi connectivity index (χ1) is 16.0. The van der Waals surface area contributed by atoms with Crippen LogP contribution in [-0.2, 0) is 4.74 Å². The van der Waals surface area contributed by atoms with Gasteiger partial charge in [0.05, 0.1) is 11.2 Å².